The molecule has 1 aliphatic rings. The highest BCUT2D eigenvalue weighted by Crippen LogP contribution is 2.44. The minimum Gasteiger partial charge on any atom is -0.486 e. The first-order valence-electron chi connectivity index (χ1n) is 9.18. The largest absolute Gasteiger partial charge is 0.486 e. The number of carbonyl (C=O) groups excluding carboxylic acids is 1. The second-order valence-corrected chi connectivity index (χ2v) is 8.56. The number of anilines is 1. The Morgan fingerprint density at radius 1 is 1.19 bits per heavy atom. The molecule has 2 aromatic carbocycles. The Labute approximate surface area is 165 Å². The van der Waals surface area contributed by atoms with Gasteiger partial charge in [0.2, 0.25) is 0 Å². The number of nitrogens with two attached hydrogens (primary N) is 1. The van der Waals surface area contributed by atoms with Crippen LogP contribution >= 0.6 is 11.8 Å². The topological polar surface area (TPSA) is 61.5 Å². The molecule has 0 aliphatic carbocycles. The van der Waals surface area contributed by atoms with Gasteiger partial charge in [-0.15, -0.1) is 11.8 Å². The Bertz CT molecular complexity index is 876. The molecule has 1 heterocycles. The molecule has 3 rings (SSSR count). The molecule has 0 saturated heterocycles. The lowest BCUT2D eigenvalue weighted by atomic mass is 9.88. The van der Waals surface area contributed by atoms with Crippen LogP contribution in [0, 0.1) is 20.8 Å². The van der Waals surface area contributed by atoms with E-state index in [4.69, 9.17) is 15.2 Å². The number of hydrogen-bond acceptors (Lipinski definition) is 5. The summed E-state index contributed by atoms with van der Waals surface area (Å²) in [7, 11) is 0. The summed E-state index contributed by atoms with van der Waals surface area (Å²) in [5.41, 5.74) is 10.5. The lowest BCUT2D eigenvalue weighted by molar-refractivity contribution is -0.132. The fourth-order valence-electron chi connectivity index (χ4n) is 3.48. The van der Waals surface area contributed by atoms with Gasteiger partial charge in [-0.25, -0.2) is 0 Å². The first kappa shape index (κ1) is 19.6. The van der Waals surface area contributed by atoms with Gasteiger partial charge in [-0.2, -0.15) is 0 Å². The van der Waals surface area contributed by atoms with Crippen molar-refractivity contribution in [2.24, 2.45) is 0 Å². The van der Waals surface area contributed by atoms with Crippen LogP contribution in [-0.4, -0.2) is 17.3 Å². The molecule has 4 nitrogen and oxygen atoms in total. The minimum atomic E-state index is -0.290. The quantitative estimate of drug-likeness (QED) is 0.347. The second-order valence-electron chi connectivity index (χ2n) is 7.52. The van der Waals surface area contributed by atoms with Gasteiger partial charge in [-0.05, 0) is 81.5 Å². The van der Waals surface area contributed by atoms with Gasteiger partial charge in [-0.3, -0.25) is 4.79 Å². The van der Waals surface area contributed by atoms with Crippen molar-refractivity contribution in [3.63, 3.8) is 0 Å². The van der Waals surface area contributed by atoms with Crippen LogP contribution in [0.3, 0.4) is 0 Å². The Kier molecular flexibility index (Phi) is 5.43. The Morgan fingerprint density at radius 2 is 1.85 bits per heavy atom. The van der Waals surface area contributed by atoms with Gasteiger partial charge < -0.3 is 15.2 Å². The van der Waals surface area contributed by atoms with Gasteiger partial charge in [0.15, 0.2) is 0 Å². The van der Waals surface area contributed by atoms with E-state index >= 15 is 0 Å². The van der Waals surface area contributed by atoms with Crippen LogP contribution in [0.25, 0.3) is 0 Å². The van der Waals surface area contributed by atoms with Crippen molar-refractivity contribution in [2.45, 2.75) is 58.0 Å². The van der Waals surface area contributed by atoms with E-state index in [0.717, 1.165) is 52.3 Å². The van der Waals surface area contributed by atoms with E-state index in [-0.39, 0.29) is 11.6 Å². The van der Waals surface area contributed by atoms with Crippen molar-refractivity contribution in [3.05, 3.63) is 46.5 Å². The van der Waals surface area contributed by atoms with E-state index in [1.54, 1.807) is 11.8 Å². The van der Waals surface area contributed by atoms with Crippen molar-refractivity contribution in [1.82, 2.24) is 0 Å². The van der Waals surface area contributed by atoms with Crippen molar-refractivity contribution in [1.29, 1.82) is 0 Å². The highest BCUT2D eigenvalue weighted by molar-refractivity contribution is 7.99. The maximum Gasteiger partial charge on any atom is 0.308 e. The zero-order chi connectivity index (χ0) is 19.8. The number of esters is 1. The van der Waals surface area contributed by atoms with Crippen molar-refractivity contribution in [3.8, 4) is 11.5 Å². The van der Waals surface area contributed by atoms with Crippen LogP contribution in [-0.2, 0) is 11.2 Å². The summed E-state index contributed by atoms with van der Waals surface area (Å²) in [6.07, 6.45) is 1.83. The fourth-order valence-corrected chi connectivity index (χ4v) is 4.48. The normalized spacial score (nSPS) is 18.6. The van der Waals surface area contributed by atoms with Gasteiger partial charge >= 0.3 is 5.97 Å². The molecule has 144 valence electrons. The molecule has 0 saturated carbocycles. The summed E-state index contributed by atoms with van der Waals surface area (Å²) >= 11 is 1.79. The van der Waals surface area contributed by atoms with Gasteiger partial charge in [-0.1, -0.05) is 0 Å². The van der Waals surface area contributed by atoms with E-state index in [9.17, 15) is 4.79 Å². The molecule has 1 unspecified atom stereocenters. The van der Waals surface area contributed by atoms with Crippen molar-refractivity contribution < 1.29 is 14.3 Å². The first-order chi connectivity index (χ1) is 12.7. The molecule has 0 spiro atoms. The maximum atomic E-state index is 11.5. The summed E-state index contributed by atoms with van der Waals surface area (Å²) in [5.74, 6) is 2.20. The maximum absolute atomic E-state index is 11.5. The second kappa shape index (κ2) is 7.47. The number of hydrogen-bond donors (Lipinski definition) is 1. The molecule has 2 aromatic rings. The summed E-state index contributed by atoms with van der Waals surface area (Å²) in [6.45, 7) is 9.65. The number of fused-ring (bicyclic) bond motifs is 1. The predicted molar refractivity (Wildman–Crippen MR) is 111 cm³/mol. The molecule has 2 N–H and O–H groups in total. The molecule has 1 atom stereocenters. The molecular weight excluding hydrogens is 358 g/mol. The molecule has 0 fully saturated rings. The fraction of sp³-hybridized carbons (Fsp3) is 0.409. The van der Waals surface area contributed by atoms with Crippen LogP contribution in [0.2, 0.25) is 0 Å². The van der Waals surface area contributed by atoms with E-state index in [0.29, 0.717) is 5.75 Å². The molecule has 27 heavy (non-hydrogen) atoms. The number of benzene rings is 2. The van der Waals surface area contributed by atoms with E-state index in [1.165, 1.54) is 11.8 Å². The lowest BCUT2D eigenvalue weighted by Gasteiger charge is -2.38. The lowest BCUT2D eigenvalue weighted by Crippen LogP contribution is -2.39. The number of rotatable bonds is 4. The third-order valence-corrected chi connectivity index (χ3v) is 6.59. The molecule has 0 radical (unpaired) electrons. The number of nitrogen functional groups attached to an aromatic ring is 1. The molecule has 0 aromatic heterocycles. The zero-order valence-electron chi connectivity index (χ0n) is 16.6. The SMILES string of the molecule is CC(=O)Oc1c(C)c(C)c2c(c1C)CCC(C)(CSc1ccc(N)cc1)O2. The third-order valence-electron chi connectivity index (χ3n) is 5.23. The number of carbonyl (C=O) groups is 1. The van der Waals surface area contributed by atoms with Gasteiger partial charge in [0.05, 0.1) is 0 Å². The van der Waals surface area contributed by atoms with Crippen LogP contribution in [0.5, 0.6) is 11.5 Å². The predicted octanol–water partition coefficient (Wildman–Crippen LogP) is 5.00. The molecular formula is C22H27NO3S. The Hall–Kier alpha value is -2.14. The summed E-state index contributed by atoms with van der Waals surface area (Å²) in [6, 6.07) is 7.94. The van der Waals surface area contributed by atoms with Crippen molar-refractivity contribution >= 4 is 23.4 Å². The molecule has 1 aliphatic heterocycles. The highest BCUT2D eigenvalue weighted by Gasteiger charge is 2.35. The average molecular weight is 386 g/mol. The molecule has 5 heteroatoms. The van der Waals surface area contributed by atoms with Gasteiger partial charge in [0, 0.05) is 28.8 Å². The summed E-state index contributed by atoms with van der Waals surface area (Å²) in [5, 5.41) is 0. The average Bonchev–Trinajstić information content (AvgIpc) is 2.63. The van der Waals surface area contributed by atoms with Crippen LogP contribution in [0.4, 0.5) is 5.69 Å². The first-order valence-corrected chi connectivity index (χ1v) is 10.2. The Balaban J connectivity index is 1.84. The van der Waals surface area contributed by atoms with E-state index < -0.39 is 0 Å². The van der Waals surface area contributed by atoms with E-state index in [1.807, 2.05) is 45.0 Å². The molecule has 0 bridgehead atoms. The minimum absolute atomic E-state index is 0.244. The van der Waals surface area contributed by atoms with Gasteiger partial charge in [0.25, 0.3) is 0 Å². The zero-order valence-corrected chi connectivity index (χ0v) is 17.5. The summed E-state index contributed by atoms with van der Waals surface area (Å²) in [4.78, 5) is 12.7. The number of thioether (sulfide) groups is 1. The summed E-state index contributed by atoms with van der Waals surface area (Å²) < 4.78 is 12.0. The number of ether oxygens (including phenoxy) is 2. The smallest absolute Gasteiger partial charge is 0.308 e. The highest BCUT2D eigenvalue weighted by atomic mass is 32.2. The van der Waals surface area contributed by atoms with Crippen LogP contribution < -0.4 is 15.2 Å². The standard InChI is InChI=1S/C22H27NO3S/c1-13-14(2)21-19(15(3)20(13)25-16(4)24)10-11-22(5,26-21)12-27-18-8-6-17(23)7-9-18/h6-9H,10-12,23H2,1-5H3. The monoisotopic (exact) mass is 385 g/mol. The molecule has 0 amide bonds. The van der Waals surface area contributed by atoms with Crippen LogP contribution in [0.15, 0.2) is 29.2 Å². The van der Waals surface area contributed by atoms with Gasteiger partial charge in [0.1, 0.15) is 17.1 Å². The van der Waals surface area contributed by atoms with E-state index in [2.05, 4.69) is 6.92 Å². The third kappa shape index (κ3) is 4.08. The van der Waals surface area contributed by atoms with Crippen LogP contribution in [0.1, 0.15) is 42.5 Å². The van der Waals surface area contributed by atoms with Crippen molar-refractivity contribution in [2.75, 3.05) is 11.5 Å². The Morgan fingerprint density at radius 3 is 2.48 bits per heavy atom.